The van der Waals surface area contributed by atoms with Gasteiger partial charge in [-0.2, -0.15) is 0 Å². The van der Waals surface area contributed by atoms with E-state index in [1.165, 1.54) is 43.5 Å². The number of allylic oxidation sites excluding steroid dienone is 1. The largest absolute Gasteiger partial charge is 0.504 e. The normalized spacial score (nSPS) is 18.1. The molecular formula is C30H37NO9. The Balaban J connectivity index is 0.000000309. The summed E-state index contributed by atoms with van der Waals surface area (Å²) in [6, 6.07) is 9.34. The molecule has 2 aromatic rings. The number of benzene rings is 2. The van der Waals surface area contributed by atoms with Crippen molar-refractivity contribution in [1.29, 1.82) is 0 Å². The molecule has 2 atom stereocenters. The quantitative estimate of drug-likeness (QED) is 0.144. The second-order valence-corrected chi connectivity index (χ2v) is 9.37. The molecule has 1 amide bonds. The summed E-state index contributed by atoms with van der Waals surface area (Å²) in [6.45, 7) is 2.27. The summed E-state index contributed by atoms with van der Waals surface area (Å²) in [5.74, 6) is -1.09. The van der Waals surface area contributed by atoms with E-state index in [4.69, 9.17) is 19.7 Å². The smallest absolute Gasteiger partial charge is 0.331 e. The predicted molar refractivity (Wildman–Crippen MR) is 149 cm³/mol. The van der Waals surface area contributed by atoms with Crippen molar-refractivity contribution < 1.29 is 44.3 Å². The second-order valence-electron chi connectivity index (χ2n) is 9.37. The fourth-order valence-corrected chi connectivity index (χ4v) is 3.89. The molecule has 2 aromatic carbocycles. The van der Waals surface area contributed by atoms with Crippen LogP contribution >= 0.6 is 0 Å². The Bertz CT molecular complexity index is 1190. The van der Waals surface area contributed by atoms with Crippen molar-refractivity contribution in [3.8, 4) is 23.0 Å². The fraction of sp³-hybridized carbons (Fsp3) is 0.367. The van der Waals surface area contributed by atoms with E-state index < -0.39 is 5.97 Å². The third-order valence-corrected chi connectivity index (χ3v) is 6.07. The van der Waals surface area contributed by atoms with Crippen LogP contribution < -0.4 is 5.32 Å². The van der Waals surface area contributed by atoms with Gasteiger partial charge in [0.25, 0.3) is 6.47 Å². The lowest BCUT2D eigenvalue weighted by Crippen LogP contribution is -2.37. The second kappa shape index (κ2) is 16.5. The SMILES string of the molecule is C/C=C/c1ccc(O)c(O)c1.COC=O.O=C(/C=C/c1ccc(O)c(O)c1)OC1CCCC(C(=O)NC2CC2)C1. The average molecular weight is 556 g/mol. The van der Waals surface area contributed by atoms with Crippen LogP contribution in [-0.4, -0.2) is 58.0 Å². The number of phenolic OH excluding ortho intramolecular Hbond substituents is 4. The number of hydrogen-bond donors (Lipinski definition) is 5. The summed E-state index contributed by atoms with van der Waals surface area (Å²) in [7, 11) is 1.31. The molecule has 2 fully saturated rings. The molecule has 0 aromatic heterocycles. The highest BCUT2D eigenvalue weighted by atomic mass is 16.5. The monoisotopic (exact) mass is 555 g/mol. The minimum absolute atomic E-state index is 0.0785. The van der Waals surface area contributed by atoms with E-state index in [1.54, 1.807) is 12.1 Å². The van der Waals surface area contributed by atoms with Gasteiger partial charge in [-0.1, -0.05) is 24.3 Å². The van der Waals surface area contributed by atoms with Gasteiger partial charge >= 0.3 is 5.97 Å². The molecule has 0 heterocycles. The Labute approximate surface area is 233 Å². The number of nitrogens with one attached hydrogen (secondary N) is 1. The Morgan fingerprint density at radius 2 is 1.45 bits per heavy atom. The Morgan fingerprint density at radius 3 is 1.95 bits per heavy atom. The summed E-state index contributed by atoms with van der Waals surface area (Å²) in [4.78, 5) is 33.1. The zero-order chi connectivity index (χ0) is 29.5. The highest BCUT2D eigenvalue weighted by molar-refractivity contribution is 5.87. The van der Waals surface area contributed by atoms with Gasteiger partial charge in [0.05, 0.1) is 7.11 Å². The van der Waals surface area contributed by atoms with Crippen LogP contribution in [0.4, 0.5) is 0 Å². The van der Waals surface area contributed by atoms with Crippen molar-refractivity contribution in [1.82, 2.24) is 5.32 Å². The number of carbonyl (C=O) groups excluding carboxylic acids is 3. The Morgan fingerprint density at radius 1 is 0.875 bits per heavy atom. The summed E-state index contributed by atoms with van der Waals surface area (Å²) < 4.78 is 9.31. The van der Waals surface area contributed by atoms with Crippen molar-refractivity contribution in [2.24, 2.45) is 5.92 Å². The van der Waals surface area contributed by atoms with Gasteiger partial charge in [-0.05, 0) is 86.9 Å². The van der Waals surface area contributed by atoms with Gasteiger partial charge in [0.1, 0.15) is 6.10 Å². The average Bonchev–Trinajstić information content (AvgIpc) is 3.76. The van der Waals surface area contributed by atoms with Crippen molar-refractivity contribution in [2.45, 2.75) is 57.6 Å². The molecule has 2 unspecified atom stereocenters. The van der Waals surface area contributed by atoms with E-state index in [-0.39, 0.29) is 40.9 Å². The molecule has 0 spiro atoms. The van der Waals surface area contributed by atoms with Gasteiger partial charge in [0, 0.05) is 18.0 Å². The molecule has 10 heteroatoms. The molecule has 216 valence electrons. The van der Waals surface area contributed by atoms with E-state index in [1.807, 2.05) is 19.1 Å². The molecule has 4 rings (SSSR count). The number of rotatable bonds is 7. The molecule has 40 heavy (non-hydrogen) atoms. The zero-order valence-corrected chi connectivity index (χ0v) is 22.7. The molecule has 0 bridgehead atoms. The lowest BCUT2D eigenvalue weighted by atomic mass is 9.86. The van der Waals surface area contributed by atoms with Crippen molar-refractivity contribution in [3.05, 3.63) is 59.7 Å². The van der Waals surface area contributed by atoms with Crippen LogP contribution in [0.1, 0.15) is 56.6 Å². The molecular weight excluding hydrogens is 518 g/mol. The number of ether oxygens (including phenoxy) is 2. The standard InChI is InChI=1S/C19H23NO5.C9H10O2.C2H4O2/c21-16-8-4-12(10-17(16)22)5-9-18(23)25-15-3-1-2-13(11-15)19(24)20-14-6-7-14;1-2-3-7-4-5-8(10)9(11)6-7;1-4-2-3/h4-5,8-10,13-15,21-22H,1-3,6-7,11H2,(H,20,24);2-6,10-11H,1H3;2H,1H3/b9-5+;3-2+;. The maximum Gasteiger partial charge on any atom is 0.331 e. The highest BCUT2D eigenvalue weighted by Crippen LogP contribution is 2.29. The Kier molecular flexibility index (Phi) is 13.1. The number of esters is 1. The van der Waals surface area contributed by atoms with Crippen molar-refractivity contribution >= 4 is 30.5 Å². The van der Waals surface area contributed by atoms with E-state index in [9.17, 15) is 19.8 Å². The van der Waals surface area contributed by atoms with Crippen LogP contribution in [0, 0.1) is 5.92 Å². The first-order chi connectivity index (χ1) is 19.2. The topological polar surface area (TPSA) is 163 Å². The van der Waals surface area contributed by atoms with Crippen LogP contribution in [0.2, 0.25) is 0 Å². The first-order valence-corrected chi connectivity index (χ1v) is 13.0. The zero-order valence-electron chi connectivity index (χ0n) is 22.7. The summed E-state index contributed by atoms with van der Waals surface area (Å²) >= 11 is 0. The molecule has 2 aliphatic rings. The van der Waals surface area contributed by atoms with Gasteiger partial charge in [-0.25, -0.2) is 4.79 Å². The van der Waals surface area contributed by atoms with Crippen LogP contribution in [0.3, 0.4) is 0 Å². The maximum atomic E-state index is 12.1. The molecule has 10 nitrogen and oxygen atoms in total. The van der Waals surface area contributed by atoms with Gasteiger partial charge in [0.2, 0.25) is 5.91 Å². The van der Waals surface area contributed by atoms with E-state index >= 15 is 0 Å². The number of phenols is 4. The van der Waals surface area contributed by atoms with Crippen LogP contribution in [-0.2, 0) is 23.9 Å². The lowest BCUT2D eigenvalue weighted by molar-refractivity contribution is -0.147. The number of aromatic hydroxyl groups is 4. The summed E-state index contributed by atoms with van der Waals surface area (Å²) in [5.41, 5.74) is 1.46. The van der Waals surface area contributed by atoms with E-state index in [0.29, 0.717) is 24.5 Å². The first kappa shape index (κ1) is 31.7. The minimum atomic E-state index is -0.471. The van der Waals surface area contributed by atoms with Gasteiger partial charge < -0.3 is 35.2 Å². The highest BCUT2D eigenvalue weighted by Gasteiger charge is 2.32. The Hall–Kier alpha value is -4.47. The molecule has 0 saturated heterocycles. The third-order valence-electron chi connectivity index (χ3n) is 6.07. The number of hydrogen-bond acceptors (Lipinski definition) is 9. The molecule has 2 aliphatic carbocycles. The van der Waals surface area contributed by atoms with Gasteiger partial charge in [0.15, 0.2) is 23.0 Å². The van der Waals surface area contributed by atoms with E-state index in [0.717, 1.165) is 37.7 Å². The fourth-order valence-electron chi connectivity index (χ4n) is 3.89. The van der Waals surface area contributed by atoms with Crippen LogP contribution in [0.15, 0.2) is 48.6 Å². The predicted octanol–water partition coefficient (Wildman–Crippen LogP) is 4.41. The van der Waals surface area contributed by atoms with Crippen molar-refractivity contribution in [2.75, 3.05) is 7.11 Å². The molecule has 5 N–H and O–H groups in total. The summed E-state index contributed by atoms with van der Waals surface area (Å²) in [6.07, 6.45) is 11.5. The van der Waals surface area contributed by atoms with E-state index in [2.05, 4.69) is 10.1 Å². The molecule has 2 saturated carbocycles. The van der Waals surface area contributed by atoms with Gasteiger partial charge in [-0.15, -0.1) is 0 Å². The first-order valence-electron chi connectivity index (χ1n) is 13.0. The van der Waals surface area contributed by atoms with Crippen molar-refractivity contribution in [3.63, 3.8) is 0 Å². The van der Waals surface area contributed by atoms with Crippen LogP contribution in [0.25, 0.3) is 12.2 Å². The number of amides is 1. The summed E-state index contributed by atoms with van der Waals surface area (Å²) in [5, 5.41) is 39.7. The van der Waals surface area contributed by atoms with Crippen LogP contribution in [0.5, 0.6) is 23.0 Å². The third kappa shape index (κ3) is 11.5. The maximum absolute atomic E-state index is 12.1. The number of carbonyl (C=O) groups is 3. The molecule has 0 aliphatic heterocycles. The minimum Gasteiger partial charge on any atom is -0.504 e. The lowest BCUT2D eigenvalue weighted by Gasteiger charge is -2.27. The van der Waals surface area contributed by atoms with Gasteiger partial charge in [-0.3, -0.25) is 9.59 Å². The molecule has 0 radical (unpaired) electrons. The number of methoxy groups -OCH3 is 1.